The van der Waals surface area contributed by atoms with Crippen molar-refractivity contribution in [2.24, 2.45) is 5.10 Å². The van der Waals surface area contributed by atoms with Crippen molar-refractivity contribution in [3.8, 4) is 5.75 Å². The van der Waals surface area contributed by atoms with Gasteiger partial charge < -0.3 is 5.11 Å². The largest absolute Gasteiger partial charge is 0.507 e. The highest BCUT2D eigenvalue weighted by Crippen LogP contribution is 2.26. The summed E-state index contributed by atoms with van der Waals surface area (Å²) in [7, 11) is -4.07. The number of aryl methyl sites for hydroxylation is 2. The molecule has 3 rings (SSSR count). The van der Waals surface area contributed by atoms with E-state index in [4.69, 9.17) is 11.6 Å². The molecule has 0 saturated carbocycles. The number of phenolic OH excluding ortho intramolecular Hbond substituents is 1. The molecule has 33 heavy (non-hydrogen) atoms. The maximum atomic E-state index is 13.4. The van der Waals surface area contributed by atoms with Crippen LogP contribution in [0.4, 0.5) is 5.69 Å². The molecule has 7 nitrogen and oxygen atoms in total. The number of anilines is 1. The van der Waals surface area contributed by atoms with Crippen LogP contribution in [0.1, 0.15) is 23.6 Å². The summed E-state index contributed by atoms with van der Waals surface area (Å²) in [5.74, 6) is -0.615. The van der Waals surface area contributed by atoms with Crippen molar-refractivity contribution in [3.63, 3.8) is 0 Å². The molecule has 2 N–H and O–H groups in total. The van der Waals surface area contributed by atoms with Gasteiger partial charge in [-0.1, -0.05) is 29.8 Å². The monoisotopic (exact) mass is 485 g/mol. The van der Waals surface area contributed by atoms with Crippen LogP contribution in [0, 0.1) is 13.8 Å². The Bertz CT molecular complexity index is 1310. The summed E-state index contributed by atoms with van der Waals surface area (Å²) in [5.41, 5.74) is 5.44. The Morgan fingerprint density at radius 3 is 2.33 bits per heavy atom. The number of hydrazone groups is 1. The third kappa shape index (κ3) is 5.71. The van der Waals surface area contributed by atoms with E-state index in [0.29, 0.717) is 22.0 Å². The molecule has 0 heterocycles. The standard InChI is InChI=1S/C24H24ClN3O4S/c1-16-8-11-20(14-17(16)2)28(33(31,32)21-12-9-19(25)10-13-21)15-24(30)27-26-18(3)22-6-4-5-7-23(22)29/h4-14,29H,15H2,1-3H3,(H,27,30)/b26-18-. The van der Waals surface area contributed by atoms with Gasteiger partial charge in [-0.05, 0) is 80.4 Å². The highest BCUT2D eigenvalue weighted by atomic mass is 35.5. The normalized spacial score (nSPS) is 11.8. The van der Waals surface area contributed by atoms with Crippen molar-refractivity contribution in [1.82, 2.24) is 5.43 Å². The second-order valence-corrected chi connectivity index (χ2v) is 9.78. The molecule has 0 aliphatic heterocycles. The van der Waals surface area contributed by atoms with Gasteiger partial charge in [0.2, 0.25) is 0 Å². The third-order valence-corrected chi connectivity index (χ3v) is 7.15. The van der Waals surface area contributed by atoms with Crippen LogP contribution in [0.5, 0.6) is 5.75 Å². The highest BCUT2D eigenvalue weighted by molar-refractivity contribution is 7.92. The molecule has 0 radical (unpaired) electrons. The Labute approximate surface area is 198 Å². The number of nitrogens with zero attached hydrogens (tertiary/aromatic N) is 2. The minimum absolute atomic E-state index is 0.00631. The van der Waals surface area contributed by atoms with Crippen LogP contribution in [-0.2, 0) is 14.8 Å². The van der Waals surface area contributed by atoms with E-state index in [1.54, 1.807) is 43.3 Å². The van der Waals surface area contributed by atoms with E-state index in [9.17, 15) is 18.3 Å². The lowest BCUT2D eigenvalue weighted by atomic mass is 10.1. The Morgan fingerprint density at radius 2 is 1.70 bits per heavy atom. The number of hydrogen-bond acceptors (Lipinski definition) is 5. The Kier molecular flexibility index (Phi) is 7.40. The van der Waals surface area contributed by atoms with Crippen LogP contribution < -0.4 is 9.73 Å². The van der Waals surface area contributed by atoms with E-state index in [0.717, 1.165) is 15.4 Å². The van der Waals surface area contributed by atoms with Crippen molar-refractivity contribution in [2.45, 2.75) is 25.7 Å². The molecule has 0 unspecified atom stereocenters. The van der Waals surface area contributed by atoms with Gasteiger partial charge in [0.1, 0.15) is 12.3 Å². The zero-order valence-corrected chi connectivity index (χ0v) is 20.0. The van der Waals surface area contributed by atoms with Gasteiger partial charge in [-0.3, -0.25) is 9.10 Å². The average Bonchev–Trinajstić information content (AvgIpc) is 2.78. The molecule has 9 heteroatoms. The zero-order valence-electron chi connectivity index (χ0n) is 18.4. The van der Waals surface area contributed by atoms with E-state index < -0.39 is 22.5 Å². The summed E-state index contributed by atoms with van der Waals surface area (Å²) in [6.45, 7) is 4.91. The first-order valence-electron chi connectivity index (χ1n) is 10.1. The molecule has 3 aromatic rings. The number of aromatic hydroxyl groups is 1. The summed E-state index contributed by atoms with van der Waals surface area (Å²) in [6.07, 6.45) is 0. The van der Waals surface area contributed by atoms with Crippen LogP contribution >= 0.6 is 11.6 Å². The predicted molar refractivity (Wildman–Crippen MR) is 130 cm³/mol. The first-order valence-corrected chi connectivity index (χ1v) is 11.9. The minimum Gasteiger partial charge on any atom is -0.507 e. The molecular weight excluding hydrogens is 462 g/mol. The van der Waals surface area contributed by atoms with Crippen LogP contribution in [0.25, 0.3) is 0 Å². The van der Waals surface area contributed by atoms with Gasteiger partial charge in [0.25, 0.3) is 15.9 Å². The Morgan fingerprint density at radius 1 is 1.03 bits per heavy atom. The van der Waals surface area contributed by atoms with Gasteiger partial charge in [-0.2, -0.15) is 5.10 Å². The molecule has 172 valence electrons. The average molecular weight is 486 g/mol. The van der Waals surface area contributed by atoms with Gasteiger partial charge >= 0.3 is 0 Å². The fraction of sp³-hybridized carbons (Fsp3) is 0.167. The van der Waals surface area contributed by atoms with Crippen molar-refractivity contribution in [1.29, 1.82) is 0 Å². The van der Waals surface area contributed by atoms with Crippen molar-refractivity contribution in [2.75, 3.05) is 10.8 Å². The maximum absolute atomic E-state index is 13.4. The van der Waals surface area contributed by atoms with E-state index in [1.165, 1.54) is 30.3 Å². The Balaban J connectivity index is 1.92. The zero-order chi connectivity index (χ0) is 24.2. The molecule has 3 aromatic carbocycles. The van der Waals surface area contributed by atoms with Crippen LogP contribution in [0.3, 0.4) is 0 Å². The SMILES string of the molecule is C/C(=N/NC(=O)CN(c1ccc(C)c(C)c1)S(=O)(=O)c1ccc(Cl)cc1)c1ccccc1O. The van der Waals surface area contributed by atoms with E-state index in [1.807, 2.05) is 13.8 Å². The molecule has 1 amide bonds. The lowest BCUT2D eigenvalue weighted by molar-refractivity contribution is -0.119. The summed E-state index contributed by atoms with van der Waals surface area (Å²) in [4.78, 5) is 12.7. The van der Waals surface area contributed by atoms with Gasteiger partial charge in [0.05, 0.1) is 16.3 Å². The minimum atomic E-state index is -4.07. The maximum Gasteiger partial charge on any atom is 0.264 e. The molecule has 0 aliphatic rings. The smallest absolute Gasteiger partial charge is 0.264 e. The highest BCUT2D eigenvalue weighted by Gasteiger charge is 2.27. The van der Waals surface area contributed by atoms with Crippen LogP contribution in [0.15, 0.2) is 76.7 Å². The van der Waals surface area contributed by atoms with Gasteiger partial charge in [-0.15, -0.1) is 0 Å². The fourth-order valence-electron chi connectivity index (χ4n) is 3.08. The summed E-state index contributed by atoms with van der Waals surface area (Å²) < 4.78 is 27.9. The molecule has 0 fully saturated rings. The van der Waals surface area contributed by atoms with Crippen molar-refractivity contribution in [3.05, 3.63) is 88.4 Å². The number of nitrogens with one attached hydrogen (secondary N) is 1. The van der Waals surface area contributed by atoms with Crippen molar-refractivity contribution >= 4 is 38.9 Å². The number of para-hydroxylation sites is 1. The lowest BCUT2D eigenvalue weighted by Gasteiger charge is -2.24. The predicted octanol–water partition coefficient (Wildman–Crippen LogP) is 4.40. The van der Waals surface area contributed by atoms with E-state index >= 15 is 0 Å². The van der Waals surface area contributed by atoms with Crippen LogP contribution in [0.2, 0.25) is 5.02 Å². The summed E-state index contributed by atoms with van der Waals surface area (Å²) in [5, 5.41) is 14.4. The second-order valence-electron chi connectivity index (χ2n) is 7.48. The molecule has 0 spiro atoms. The Hall–Kier alpha value is -3.36. The number of phenols is 1. The molecular formula is C24H24ClN3O4S. The summed E-state index contributed by atoms with van der Waals surface area (Å²) in [6, 6.07) is 17.5. The molecule has 0 aromatic heterocycles. The molecule has 0 atom stereocenters. The second kappa shape index (κ2) is 10.1. The van der Waals surface area contributed by atoms with Crippen LogP contribution in [-0.4, -0.2) is 31.7 Å². The topological polar surface area (TPSA) is 99.1 Å². The quantitative estimate of drug-likeness (QED) is 0.382. The number of carbonyl (C=O) groups excluding carboxylic acids is 1. The van der Waals surface area contributed by atoms with Crippen molar-refractivity contribution < 1.29 is 18.3 Å². The molecule has 0 bridgehead atoms. The van der Waals surface area contributed by atoms with Gasteiger partial charge in [-0.25, -0.2) is 13.8 Å². The molecule has 0 saturated heterocycles. The number of sulfonamides is 1. The fourth-order valence-corrected chi connectivity index (χ4v) is 4.62. The number of rotatable bonds is 7. The van der Waals surface area contributed by atoms with Gasteiger partial charge in [0.15, 0.2) is 0 Å². The first-order chi connectivity index (χ1) is 15.6. The van der Waals surface area contributed by atoms with E-state index in [-0.39, 0.29) is 10.6 Å². The number of amides is 1. The number of benzene rings is 3. The molecule has 0 aliphatic carbocycles. The number of hydrogen-bond donors (Lipinski definition) is 2. The lowest BCUT2D eigenvalue weighted by Crippen LogP contribution is -2.39. The third-order valence-electron chi connectivity index (χ3n) is 5.11. The number of carbonyl (C=O) groups is 1. The first kappa shape index (κ1) is 24.3. The van der Waals surface area contributed by atoms with Gasteiger partial charge in [0, 0.05) is 10.6 Å². The number of halogens is 1. The summed E-state index contributed by atoms with van der Waals surface area (Å²) >= 11 is 5.91. The van der Waals surface area contributed by atoms with E-state index in [2.05, 4.69) is 10.5 Å².